The molecule has 1 heterocycles. The van der Waals surface area contributed by atoms with E-state index in [9.17, 15) is 0 Å². The van der Waals surface area contributed by atoms with E-state index in [-0.39, 0.29) is 4.83 Å². The molecule has 2 atom stereocenters. The molecule has 0 aromatic heterocycles. The number of ether oxygens (including phenoxy) is 3. The third-order valence-electron chi connectivity index (χ3n) is 3.18. The molecule has 0 saturated carbocycles. The van der Waals surface area contributed by atoms with Gasteiger partial charge in [0.15, 0.2) is 0 Å². The van der Waals surface area contributed by atoms with E-state index < -0.39 is 0 Å². The van der Waals surface area contributed by atoms with Crippen LogP contribution in [0.4, 0.5) is 0 Å². The summed E-state index contributed by atoms with van der Waals surface area (Å²) in [7, 11) is 3.35. The van der Waals surface area contributed by atoms with Crippen molar-refractivity contribution in [2.24, 2.45) is 5.92 Å². The second kappa shape index (κ2) is 6.26. The first kappa shape index (κ1) is 14.2. The first-order chi connectivity index (χ1) is 8.67. The van der Waals surface area contributed by atoms with Crippen molar-refractivity contribution in [1.82, 2.24) is 0 Å². The normalized spacial score (nSPS) is 20.8. The highest BCUT2D eigenvalue weighted by Gasteiger charge is 2.28. The third-order valence-corrected chi connectivity index (χ3v) is 5.04. The molecule has 0 N–H and O–H groups in total. The van der Waals surface area contributed by atoms with Crippen molar-refractivity contribution in [3.8, 4) is 11.5 Å². The number of methoxy groups -OCH3 is 2. The fourth-order valence-corrected chi connectivity index (χ4v) is 3.40. The minimum Gasteiger partial charge on any atom is -0.496 e. The number of alkyl halides is 1. The van der Waals surface area contributed by atoms with Gasteiger partial charge in [-0.25, -0.2) is 0 Å². The first-order valence-electron chi connectivity index (χ1n) is 5.80. The number of halogens is 2. The van der Waals surface area contributed by atoms with Crippen molar-refractivity contribution in [3.63, 3.8) is 0 Å². The predicted molar refractivity (Wildman–Crippen MR) is 77.8 cm³/mol. The van der Waals surface area contributed by atoms with Crippen molar-refractivity contribution in [2.75, 3.05) is 27.4 Å². The van der Waals surface area contributed by atoms with Crippen molar-refractivity contribution in [1.29, 1.82) is 0 Å². The molecule has 2 unspecified atom stereocenters. The second-order valence-electron chi connectivity index (χ2n) is 4.25. The predicted octanol–water partition coefficient (Wildman–Crippen LogP) is 3.94. The van der Waals surface area contributed by atoms with Crippen molar-refractivity contribution >= 4 is 31.9 Å². The van der Waals surface area contributed by atoms with Gasteiger partial charge < -0.3 is 14.2 Å². The van der Waals surface area contributed by atoms with Crippen LogP contribution in [-0.4, -0.2) is 27.4 Å². The van der Waals surface area contributed by atoms with E-state index in [4.69, 9.17) is 14.2 Å². The van der Waals surface area contributed by atoms with E-state index >= 15 is 0 Å². The second-order valence-corrected chi connectivity index (χ2v) is 6.09. The van der Waals surface area contributed by atoms with E-state index in [0.717, 1.165) is 41.2 Å². The summed E-state index contributed by atoms with van der Waals surface area (Å²) < 4.78 is 17.1. The molecule has 0 amide bonds. The maximum absolute atomic E-state index is 5.45. The molecule has 1 aliphatic heterocycles. The lowest BCUT2D eigenvalue weighted by molar-refractivity contribution is 0.185. The van der Waals surface area contributed by atoms with Gasteiger partial charge in [-0.3, -0.25) is 0 Å². The zero-order valence-electron chi connectivity index (χ0n) is 10.4. The van der Waals surface area contributed by atoms with Gasteiger partial charge in [-0.2, -0.15) is 0 Å². The Morgan fingerprint density at radius 3 is 2.56 bits per heavy atom. The van der Waals surface area contributed by atoms with Gasteiger partial charge in [0.2, 0.25) is 0 Å². The maximum atomic E-state index is 5.45. The first-order valence-corrected chi connectivity index (χ1v) is 7.51. The van der Waals surface area contributed by atoms with Crippen LogP contribution in [0, 0.1) is 5.92 Å². The highest BCUT2D eigenvalue weighted by Crippen LogP contribution is 2.43. The average Bonchev–Trinajstić information content (AvgIpc) is 2.91. The molecule has 1 saturated heterocycles. The SMILES string of the molecule is COc1cc(C(Br)C2CCOC2)c(OC)cc1Br. The molecule has 1 aromatic carbocycles. The van der Waals surface area contributed by atoms with Gasteiger partial charge >= 0.3 is 0 Å². The smallest absolute Gasteiger partial charge is 0.133 e. The van der Waals surface area contributed by atoms with Crippen molar-refractivity contribution in [3.05, 3.63) is 22.2 Å². The van der Waals surface area contributed by atoms with Crippen LogP contribution < -0.4 is 9.47 Å². The Bertz CT molecular complexity index is 417. The van der Waals surface area contributed by atoms with Crippen LogP contribution in [0.15, 0.2) is 16.6 Å². The van der Waals surface area contributed by atoms with E-state index in [0.29, 0.717) is 5.92 Å². The molecular weight excluding hydrogens is 364 g/mol. The quantitative estimate of drug-likeness (QED) is 0.741. The summed E-state index contributed by atoms with van der Waals surface area (Å²) in [5, 5.41) is 0. The van der Waals surface area contributed by atoms with Crippen LogP contribution in [0.2, 0.25) is 0 Å². The lowest BCUT2D eigenvalue weighted by atomic mass is 9.97. The monoisotopic (exact) mass is 378 g/mol. The molecule has 1 aromatic rings. The summed E-state index contributed by atoms with van der Waals surface area (Å²) in [5.74, 6) is 2.15. The van der Waals surface area contributed by atoms with Crippen molar-refractivity contribution < 1.29 is 14.2 Å². The van der Waals surface area contributed by atoms with Gasteiger partial charge in [0.1, 0.15) is 11.5 Å². The van der Waals surface area contributed by atoms with Gasteiger partial charge in [0, 0.05) is 22.9 Å². The molecule has 5 heteroatoms. The van der Waals surface area contributed by atoms with E-state index in [1.165, 1.54) is 0 Å². The van der Waals surface area contributed by atoms with Gasteiger partial charge in [-0.1, -0.05) is 15.9 Å². The standard InChI is InChI=1S/C13H16Br2O3/c1-16-11-6-10(14)12(17-2)5-9(11)13(15)8-3-4-18-7-8/h5-6,8,13H,3-4,7H2,1-2H3. The Labute approximate surface area is 124 Å². The highest BCUT2D eigenvalue weighted by molar-refractivity contribution is 9.10. The van der Waals surface area contributed by atoms with Gasteiger partial charge in [0.05, 0.1) is 25.3 Å². The minimum absolute atomic E-state index is 0.219. The van der Waals surface area contributed by atoms with Crippen LogP contribution in [0.1, 0.15) is 16.8 Å². The van der Waals surface area contributed by atoms with Crippen LogP contribution in [0.3, 0.4) is 0 Å². The lowest BCUT2D eigenvalue weighted by Gasteiger charge is -2.20. The van der Waals surface area contributed by atoms with Crippen LogP contribution in [0.5, 0.6) is 11.5 Å². The number of hydrogen-bond acceptors (Lipinski definition) is 3. The number of rotatable bonds is 4. The summed E-state index contributed by atoms with van der Waals surface area (Å²) in [6.07, 6.45) is 1.07. The van der Waals surface area contributed by atoms with E-state index in [1.54, 1.807) is 14.2 Å². The summed E-state index contributed by atoms with van der Waals surface area (Å²) >= 11 is 7.23. The molecule has 0 spiro atoms. The highest BCUT2D eigenvalue weighted by atomic mass is 79.9. The number of hydrogen-bond donors (Lipinski definition) is 0. The summed E-state index contributed by atoms with van der Waals surface area (Å²) in [6.45, 7) is 1.63. The molecule has 0 bridgehead atoms. The molecule has 100 valence electrons. The Hall–Kier alpha value is -0.260. The van der Waals surface area contributed by atoms with Crippen LogP contribution in [-0.2, 0) is 4.74 Å². The average molecular weight is 380 g/mol. The molecule has 1 aliphatic rings. The Kier molecular flexibility index (Phi) is 4.92. The Morgan fingerprint density at radius 1 is 1.28 bits per heavy atom. The molecule has 1 fully saturated rings. The molecule has 2 rings (SSSR count). The van der Waals surface area contributed by atoms with E-state index in [1.807, 2.05) is 12.1 Å². The van der Waals surface area contributed by atoms with Gasteiger partial charge in [-0.05, 0) is 34.5 Å². The van der Waals surface area contributed by atoms with E-state index in [2.05, 4.69) is 31.9 Å². The third kappa shape index (κ3) is 2.83. The summed E-state index contributed by atoms with van der Waals surface area (Å²) in [5.41, 5.74) is 1.10. The van der Waals surface area contributed by atoms with Crippen molar-refractivity contribution in [2.45, 2.75) is 11.2 Å². The fourth-order valence-electron chi connectivity index (χ4n) is 2.14. The molecule has 0 aliphatic carbocycles. The molecule has 3 nitrogen and oxygen atoms in total. The summed E-state index contributed by atoms with van der Waals surface area (Å²) in [4.78, 5) is 0.219. The molecule has 18 heavy (non-hydrogen) atoms. The topological polar surface area (TPSA) is 27.7 Å². The largest absolute Gasteiger partial charge is 0.496 e. The summed E-state index contributed by atoms with van der Waals surface area (Å²) in [6, 6.07) is 3.96. The molecule has 0 radical (unpaired) electrons. The zero-order chi connectivity index (χ0) is 13.1. The lowest BCUT2D eigenvalue weighted by Crippen LogP contribution is -2.09. The molecular formula is C13H16Br2O3. The zero-order valence-corrected chi connectivity index (χ0v) is 13.6. The number of benzene rings is 1. The fraction of sp³-hybridized carbons (Fsp3) is 0.538. The Balaban J connectivity index is 2.34. The Morgan fingerprint density at radius 2 is 2.00 bits per heavy atom. The van der Waals surface area contributed by atoms with Gasteiger partial charge in [-0.15, -0.1) is 0 Å². The minimum atomic E-state index is 0.219. The van der Waals surface area contributed by atoms with Crippen LogP contribution in [0.25, 0.3) is 0 Å². The van der Waals surface area contributed by atoms with Crippen LogP contribution >= 0.6 is 31.9 Å². The maximum Gasteiger partial charge on any atom is 0.133 e. The van der Waals surface area contributed by atoms with Gasteiger partial charge in [0.25, 0.3) is 0 Å².